The number of hydrogen-bond acceptors (Lipinski definition) is 4. The molecule has 0 unspecified atom stereocenters. The van der Waals surface area contributed by atoms with E-state index in [-0.39, 0.29) is 0 Å². The first-order chi connectivity index (χ1) is 9.32. The second-order valence-corrected chi connectivity index (χ2v) is 6.84. The Bertz CT molecular complexity index is 720. The summed E-state index contributed by atoms with van der Waals surface area (Å²) < 4.78 is 26.2. The largest absolute Gasteiger partial charge is 0.399 e. The summed E-state index contributed by atoms with van der Waals surface area (Å²) >= 11 is 0. The van der Waals surface area contributed by atoms with E-state index < -0.39 is 10.2 Å². The van der Waals surface area contributed by atoms with Gasteiger partial charge in [0.2, 0.25) is 0 Å². The molecular formula is C13H18N4O2S. The number of imidazole rings is 1. The zero-order chi connectivity index (χ0) is 14.9. The molecule has 0 fully saturated rings. The van der Waals surface area contributed by atoms with Crippen molar-refractivity contribution in [3.63, 3.8) is 0 Å². The molecule has 2 aromatic rings. The Morgan fingerprint density at radius 1 is 1.35 bits per heavy atom. The molecule has 0 amide bonds. The van der Waals surface area contributed by atoms with Crippen LogP contribution >= 0.6 is 0 Å². The summed E-state index contributed by atoms with van der Waals surface area (Å²) in [5.74, 6) is 0. The van der Waals surface area contributed by atoms with Crippen LogP contribution in [0.5, 0.6) is 0 Å². The van der Waals surface area contributed by atoms with Crippen LogP contribution in [-0.2, 0) is 16.6 Å². The highest BCUT2D eigenvalue weighted by Gasteiger charge is 2.16. The minimum atomic E-state index is -3.50. The zero-order valence-electron chi connectivity index (χ0n) is 11.7. The van der Waals surface area contributed by atoms with Crippen molar-refractivity contribution in [1.82, 2.24) is 13.3 Å². The molecule has 2 rings (SSSR count). The van der Waals surface area contributed by atoms with E-state index in [1.165, 1.54) is 26.6 Å². The second-order valence-electron chi connectivity index (χ2n) is 4.79. The number of benzene rings is 1. The van der Waals surface area contributed by atoms with E-state index >= 15 is 0 Å². The van der Waals surface area contributed by atoms with E-state index in [1.54, 1.807) is 0 Å². The van der Waals surface area contributed by atoms with Gasteiger partial charge in [-0.3, -0.25) is 0 Å². The van der Waals surface area contributed by atoms with Gasteiger partial charge in [-0.1, -0.05) is 12.1 Å². The monoisotopic (exact) mass is 294 g/mol. The Kier molecular flexibility index (Phi) is 3.82. The molecule has 1 heterocycles. The SMILES string of the molecule is Cc1c(N)cccc1Cc1cn(S(=O)(=O)N(C)C)cn1. The van der Waals surface area contributed by atoms with Crippen molar-refractivity contribution in [2.45, 2.75) is 13.3 Å². The standard InChI is InChI=1S/C13H18N4O2S/c1-10-11(5-4-6-13(10)14)7-12-8-17(9-15-12)20(18,19)16(2)3/h4-6,8-9H,7,14H2,1-3H3. The molecule has 20 heavy (non-hydrogen) atoms. The lowest BCUT2D eigenvalue weighted by Gasteiger charge is -2.10. The topological polar surface area (TPSA) is 81.2 Å². The average molecular weight is 294 g/mol. The molecule has 0 bridgehead atoms. The van der Waals surface area contributed by atoms with Crippen LogP contribution in [0.2, 0.25) is 0 Å². The van der Waals surface area contributed by atoms with Crippen LogP contribution in [0.15, 0.2) is 30.7 Å². The van der Waals surface area contributed by atoms with E-state index in [0.717, 1.165) is 25.1 Å². The number of rotatable bonds is 4. The van der Waals surface area contributed by atoms with Crippen molar-refractivity contribution in [1.29, 1.82) is 0 Å². The van der Waals surface area contributed by atoms with E-state index in [4.69, 9.17) is 5.73 Å². The van der Waals surface area contributed by atoms with Gasteiger partial charge in [0.05, 0.1) is 5.69 Å². The summed E-state index contributed by atoms with van der Waals surface area (Å²) in [7, 11) is -0.537. The van der Waals surface area contributed by atoms with Crippen molar-refractivity contribution < 1.29 is 8.42 Å². The fourth-order valence-electron chi connectivity index (χ4n) is 1.84. The van der Waals surface area contributed by atoms with Gasteiger partial charge in [0.15, 0.2) is 0 Å². The molecule has 0 spiro atoms. The Morgan fingerprint density at radius 3 is 2.70 bits per heavy atom. The first-order valence-corrected chi connectivity index (χ1v) is 7.52. The van der Waals surface area contributed by atoms with Crippen molar-refractivity contribution >= 4 is 15.9 Å². The number of aromatic nitrogens is 2. The van der Waals surface area contributed by atoms with E-state index in [0.29, 0.717) is 12.1 Å². The number of nitrogens with zero attached hydrogens (tertiary/aromatic N) is 3. The Balaban J connectivity index is 2.29. The summed E-state index contributed by atoms with van der Waals surface area (Å²) in [6.07, 6.45) is 3.39. The number of hydrogen-bond donors (Lipinski definition) is 1. The molecule has 0 atom stereocenters. The van der Waals surface area contributed by atoms with Gasteiger partial charge in [-0.05, 0) is 24.1 Å². The third kappa shape index (κ3) is 2.68. The molecule has 0 saturated heterocycles. The van der Waals surface area contributed by atoms with Gasteiger partial charge in [-0.25, -0.2) is 8.96 Å². The maximum atomic E-state index is 11.9. The predicted octanol–water partition coefficient (Wildman–Crippen LogP) is 1.02. The number of nitrogen functional groups attached to an aromatic ring is 1. The molecule has 0 saturated carbocycles. The highest BCUT2D eigenvalue weighted by atomic mass is 32.2. The van der Waals surface area contributed by atoms with Gasteiger partial charge in [0.25, 0.3) is 0 Å². The smallest absolute Gasteiger partial charge is 0.308 e. The summed E-state index contributed by atoms with van der Waals surface area (Å²) in [5, 5.41) is 0. The van der Waals surface area contributed by atoms with Crippen LogP contribution in [0, 0.1) is 6.92 Å². The van der Waals surface area contributed by atoms with Crippen LogP contribution in [-0.4, -0.2) is 35.8 Å². The van der Waals surface area contributed by atoms with Crippen molar-refractivity contribution in [2.75, 3.05) is 19.8 Å². The Labute approximate surface area is 119 Å². The zero-order valence-corrected chi connectivity index (χ0v) is 12.6. The molecular weight excluding hydrogens is 276 g/mol. The number of nitrogens with two attached hydrogens (primary N) is 1. The quantitative estimate of drug-likeness (QED) is 0.854. The molecule has 0 radical (unpaired) electrons. The maximum Gasteiger partial charge on any atom is 0.308 e. The molecule has 7 heteroatoms. The summed E-state index contributed by atoms with van der Waals surface area (Å²) in [6, 6.07) is 5.68. The van der Waals surface area contributed by atoms with Gasteiger partial charge in [-0.2, -0.15) is 12.7 Å². The van der Waals surface area contributed by atoms with Gasteiger partial charge in [-0.15, -0.1) is 0 Å². The normalized spacial score (nSPS) is 12.0. The highest BCUT2D eigenvalue weighted by Crippen LogP contribution is 2.18. The third-order valence-corrected chi connectivity index (χ3v) is 4.86. The fraction of sp³-hybridized carbons (Fsp3) is 0.308. The maximum absolute atomic E-state index is 11.9. The lowest BCUT2D eigenvalue weighted by Crippen LogP contribution is -2.27. The molecule has 0 aliphatic rings. The van der Waals surface area contributed by atoms with Crippen LogP contribution in [0.25, 0.3) is 0 Å². The minimum Gasteiger partial charge on any atom is -0.399 e. The Hall–Kier alpha value is -1.86. The summed E-state index contributed by atoms with van der Waals surface area (Å²) in [4.78, 5) is 4.15. The first-order valence-electron chi connectivity index (χ1n) is 6.12. The van der Waals surface area contributed by atoms with E-state index in [1.807, 2.05) is 25.1 Å². The van der Waals surface area contributed by atoms with Crippen LogP contribution in [0.4, 0.5) is 5.69 Å². The van der Waals surface area contributed by atoms with Crippen molar-refractivity contribution in [3.05, 3.63) is 47.5 Å². The van der Waals surface area contributed by atoms with E-state index in [9.17, 15) is 8.42 Å². The van der Waals surface area contributed by atoms with Gasteiger partial charge in [0, 0.05) is 32.4 Å². The first kappa shape index (κ1) is 14.5. The molecule has 6 nitrogen and oxygen atoms in total. The van der Waals surface area contributed by atoms with E-state index in [2.05, 4.69) is 4.98 Å². The summed E-state index contributed by atoms with van der Waals surface area (Å²) in [5.41, 5.74) is 9.31. The van der Waals surface area contributed by atoms with Crippen LogP contribution in [0.1, 0.15) is 16.8 Å². The molecule has 0 aliphatic carbocycles. The van der Waals surface area contributed by atoms with Crippen LogP contribution in [0.3, 0.4) is 0 Å². The van der Waals surface area contributed by atoms with Gasteiger partial charge in [0.1, 0.15) is 6.33 Å². The molecule has 0 aliphatic heterocycles. The average Bonchev–Trinajstić information content (AvgIpc) is 2.84. The van der Waals surface area contributed by atoms with Crippen LogP contribution < -0.4 is 5.73 Å². The van der Waals surface area contributed by atoms with Crippen molar-refractivity contribution in [3.8, 4) is 0 Å². The Morgan fingerprint density at radius 2 is 2.05 bits per heavy atom. The fourth-order valence-corrected chi connectivity index (χ4v) is 2.64. The lowest BCUT2D eigenvalue weighted by atomic mass is 10.0. The highest BCUT2D eigenvalue weighted by molar-refractivity contribution is 7.87. The molecule has 1 aromatic carbocycles. The minimum absolute atomic E-state index is 0.548. The molecule has 2 N–H and O–H groups in total. The van der Waals surface area contributed by atoms with Crippen molar-refractivity contribution in [2.24, 2.45) is 0 Å². The second kappa shape index (κ2) is 5.26. The number of anilines is 1. The van der Waals surface area contributed by atoms with Gasteiger partial charge < -0.3 is 5.73 Å². The van der Waals surface area contributed by atoms with Gasteiger partial charge >= 0.3 is 10.2 Å². The third-order valence-electron chi connectivity index (χ3n) is 3.20. The summed E-state index contributed by atoms with van der Waals surface area (Å²) in [6.45, 7) is 1.94. The lowest BCUT2D eigenvalue weighted by molar-refractivity contribution is 0.510. The molecule has 108 valence electrons. The predicted molar refractivity (Wildman–Crippen MR) is 78.6 cm³/mol. The molecule has 1 aromatic heterocycles.